The Bertz CT molecular complexity index is 1180. The molecular formula is C25H21ClF3NO3. The maximum atomic E-state index is 13.9. The molecule has 2 aromatic rings. The summed E-state index contributed by atoms with van der Waals surface area (Å²) in [7, 11) is 1.17. The van der Waals surface area contributed by atoms with E-state index in [0.29, 0.717) is 22.8 Å². The molecule has 0 saturated carbocycles. The van der Waals surface area contributed by atoms with E-state index in [0.717, 1.165) is 11.6 Å². The highest BCUT2D eigenvalue weighted by molar-refractivity contribution is 6.30. The molecule has 4 nitrogen and oxygen atoms in total. The standard InChI is InChI=1S/C25H21ClF3NO3/c1-13-21(24(32)33-2)22(17-5-3-4-6-18(17)25(27,28)29)23-19(30-13)11-15(12-20(23)31)14-7-9-16(26)10-8-14/h3-10,15,22,30H,11-12H2,1-2H3/t15-,22-/m0/s1. The van der Waals surface area contributed by atoms with E-state index in [2.05, 4.69) is 5.32 Å². The average Bonchev–Trinajstić information content (AvgIpc) is 2.77. The maximum Gasteiger partial charge on any atom is 0.416 e. The Morgan fingerprint density at radius 1 is 1.09 bits per heavy atom. The first-order valence-electron chi connectivity index (χ1n) is 10.4. The lowest BCUT2D eigenvalue weighted by Gasteiger charge is -2.37. The minimum absolute atomic E-state index is 0.00578. The number of allylic oxidation sites excluding steroid dienone is 3. The molecule has 0 unspecified atom stereocenters. The number of alkyl halides is 3. The van der Waals surface area contributed by atoms with Gasteiger partial charge in [0, 0.05) is 34.3 Å². The third-order valence-corrected chi connectivity index (χ3v) is 6.40. The molecule has 0 fully saturated rings. The van der Waals surface area contributed by atoms with Crippen LogP contribution in [-0.4, -0.2) is 18.9 Å². The zero-order chi connectivity index (χ0) is 23.9. The minimum Gasteiger partial charge on any atom is -0.466 e. The van der Waals surface area contributed by atoms with Gasteiger partial charge in [0.05, 0.1) is 18.2 Å². The van der Waals surface area contributed by atoms with E-state index < -0.39 is 23.6 Å². The lowest BCUT2D eigenvalue weighted by molar-refractivity contribution is -0.139. The SMILES string of the molecule is COC(=O)C1=C(C)NC2=C(C(=O)C[C@@H](c3ccc(Cl)cc3)C2)[C@H]1c1ccccc1C(F)(F)F. The van der Waals surface area contributed by atoms with E-state index in [1.807, 2.05) is 12.1 Å². The number of dihydropyridines is 1. The van der Waals surface area contributed by atoms with Gasteiger partial charge < -0.3 is 10.1 Å². The van der Waals surface area contributed by atoms with Crippen molar-refractivity contribution < 1.29 is 27.5 Å². The fraction of sp³-hybridized carbons (Fsp3) is 0.280. The molecule has 1 heterocycles. The van der Waals surface area contributed by atoms with E-state index >= 15 is 0 Å². The number of nitrogens with one attached hydrogen (secondary N) is 1. The number of benzene rings is 2. The van der Waals surface area contributed by atoms with Crippen molar-refractivity contribution in [3.05, 3.63) is 92.8 Å². The van der Waals surface area contributed by atoms with Crippen LogP contribution in [0.3, 0.4) is 0 Å². The Balaban J connectivity index is 1.87. The Kier molecular flexibility index (Phi) is 6.10. The summed E-state index contributed by atoms with van der Waals surface area (Å²) in [4.78, 5) is 26.1. The van der Waals surface area contributed by atoms with Crippen molar-refractivity contribution in [1.29, 1.82) is 0 Å². The van der Waals surface area contributed by atoms with Crippen molar-refractivity contribution in [3.8, 4) is 0 Å². The first kappa shape index (κ1) is 23.1. The van der Waals surface area contributed by atoms with Crippen molar-refractivity contribution in [2.24, 2.45) is 0 Å². The zero-order valence-corrected chi connectivity index (χ0v) is 18.7. The summed E-state index contributed by atoms with van der Waals surface area (Å²) in [6.45, 7) is 1.61. The molecule has 2 aliphatic rings. The van der Waals surface area contributed by atoms with Gasteiger partial charge in [0.1, 0.15) is 0 Å². The second-order valence-corrected chi connectivity index (χ2v) is 8.58. The maximum absolute atomic E-state index is 13.9. The molecule has 0 bridgehead atoms. The Morgan fingerprint density at radius 2 is 1.76 bits per heavy atom. The van der Waals surface area contributed by atoms with Gasteiger partial charge in [-0.3, -0.25) is 4.79 Å². The molecule has 0 aromatic heterocycles. The van der Waals surface area contributed by atoms with Gasteiger partial charge in [0.15, 0.2) is 5.78 Å². The summed E-state index contributed by atoms with van der Waals surface area (Å²) < 4.78 is 46.6. The largest absolute Gasteiger partial charge is 0.466 e. The lowest BCUT2D eigenvalue weighted by Crippen LogP contribution is -2.36. The first-order valence-corrected chi connectivity index (χ1v) is 10.7. The summed E-state index contributed by atoms with van der Waals surface area (Å²) in [6.07, 6.45) is -4.12. The monoisotopic (exact) mass is 475 g/mol. The fourth-order valence-electron chi connectivity index (χ4n) is 4.71. The number of methoxy groups -OCH3 is 1. The number of halogens is 4. The Hall–Kier alpha value is -3.06. The molecule has 4 rings (SSSR count). The Labute approximate surface area is 194 Å². The van der Waals surface area contributed by atoms with Crippen molar-refractivity contribution >= 4 is 23.4 Å². The molecule has 0 saturated heterocycles. The van der Waals surface area contributed by atoms with Crippen LogP contribution in [0.5, 0.6) is 0 Å². The number of Topliss-reactive ketones (excluding diaryl/α,β-unsaturated/α-hetero) is 1. The van der Waals surface area contributed by atoms with Crippen LogP contribution < -0.4 is 5.32 Å². The summed E-state index contributed by atoms with van der Waals surface area (Å²) in [5.74, 6) is -2.42. The van der Waals surface area contributed by atoms with Crippen molar-refractivity contribution in [2.45, 2.75) is 37.8 Å². The van der Waals surface area contributed by atoms with Crippen LogP contribution in [0.15, 0.2) is 71.1 Å². The first-order chi connectivity index (χ1) is 15.6. The lowest BCUT2D eigenvalue weighted by atomic mass is 9.71. The van der Waals surface area contributed by atoms with Gasteiger partial charge in [-0.25, -0.2) is 4.79 Å². The van der Waals surface area contributed by atoms with Crippen molar-refractivity contribution in [3.63, 3.8) is 0 Å². The highest BCUT2D eigenvalue weighted by Gasteiger charge is 2.44. The van der Waals surface area contributed by atoms with Gasteiger partial charge in [-0.2, -0.15) is 13.2 Å². The smallest absolute Gasteiger partial charge is 0.416 e. The number of hydrogen-bond donors (Lipinski definition) is 1. The van der Waals surface area contributed by atoms with Crippen molar-refractivity contribution in [2.75, 3.05) is 7.11 Å². The zero-order valence-electron chi connectivity index (χ0n) is 17.9. The summed E-state index contributed by atoms with van der Waals surface area (Å²) in [5.41, 5.74) is 0.969. The van der Waals surface area contributed by atoms with E-state index in [1.54, 1.807) is 19.1 Å². The summed E-state index contributed by atoms with van der Waals surface area (Å²) in [5, 5.41) is 3.68. The third kappa shape index (κ3) is 4.29. The van der Waals surface area contributed by atoms with Crippen LogP contribution in [-0.2, 0) is 20.5 Å². The molecular weight excluding hydrogens is 455 g/mol. The molecule has 172 valence electrons. The highest BCUT2D eigenvalue weighted by atomic mass is 35.5. The van der Waals surface area contributed by atoms with Crippen LogP contribution in [0.4, 0.5) is 13.2 Å². The van der Waals surface area contributed by atoms with Gasteiger partial charge >= 0.3 is 12.1 Å². The molecule has 2 atom stereocenters. The molecule has 0 amide bonds. The van der Waals surface area contributed by atoms with Gasteiger partial charge in [-0.1, -0.05) is 41.9 Å². The van der Waals surface area contributed by atoms with Crippen LogP contribution in [0.25, 0.3) is 0 Å². The van der Waals surface area contributed by atoms with Crippen LogP contribution >= 0.6 is 11.6 Å². The molecule has 2 aromatic carbocycles. The van der Waals surface area contributed by atoms with Gasteiger partial charge in [-0.05, 0) is 48.6 Å². The van der Waals surface area contributed by atoms with Gasteiger partial charge in [0.2, 0.25) is 0 Å². The predicted octanol–water partition coefficient (Wildman–Crippen LogP) is 5.89. The fourth-order valence-corrected chi connectivity index (χ4v) is 4.83. The molecule has 1 aliphatic carbocycles. The number of ether oxygens (including phenoxy) is 1. The topological polar surface area (TPSA) is 55.4 Å². The number of ketones is 1. The number of rotatable bonds is 3. The van der Waals surface area contributed by atoms with Crippen molar-refractivity contribution in [1.82, 2.24) is 5.32 Å². The third-order valence-electron chi connectivity index (χ3n) is 6.15. The average molecular weight is 476 g/mol. The molecule has 8 heteroatoms. The van der Waals surface area contributed by atoms with E-state index in [9.17, 15) is 22.8 Å². The summed E-state index contributed by atoms with van der Waals surface area (Å²) >= 11 is 5.98. The van der Waals surface area contributed by atoms with E-state index in [1.165, 1.54) is 25.3 Å². The second kappa shape index (κ2) is 8.71. The predicted molar refractivity (Wildman–Crippen MR) is 117 cm³/mol. The second-order valence-electron chi connectivity index (χ2n) is 8.15. The van der Waals surface area contributed by atoms with Crippen LogP contribution in [0.1, 0.15) is 48.3 Å². The molecule has 0 radical (unpaired) electrons. The minimum atomic E-state index is -4.65. The van der Waals surface area contributed by atoms with Crippen LogP contribution in [0, 0.1) is 0 Å². The highest BCUT2D eigenvalue weighted by Crippen LogP contribution is 2.48. The molecule has 1 aliphatic heterocycles. The number of esters is 1. The molecule has 33 heavy (non-hydrogen) atoms. The summed E-state index contributed by atoms with van der Waals surface area (Å²) in [6, 6.07) is 12.2. The molecule has 1 N–H and O–H groups in total. The van der Waals surface area contributed by atoms with E-state index in [-0.39, 0.29) is 34.8 Å². The number of hydrogen-bond acceptors (Lipinski definition) is 4. The van der Waals surface area contributed by atoms with Gasteiger partial charge in [-0.15, -0.1) is 0 Å². The number of carbonyl (C=O) groups excluding carboxylic acids is 2. The Morgan fingerprint density at radius 3 is 2.39 bits per heavy atom. The normalized spacial score (nSPS) is 21.0. The van der Waals surface area contributed by atoms with E-state index in [4.69, 9.17) is 16.3 Å². The van der Waals surface area contributed by atoms with Gasteiger partial charge in [0.25, 0.3) is 0 Å². The van der Waals surface area contributed by atoms with Crippen LogP contribution in [0.2, 0.25) is 5.02 Å². The molecule has 0 spiro atoms. The quantitative estimate of drug-likeness (QED) is 0.562. The number of carbonyl (C=O) groups is 2.